The van der Waals surface area contributed by atoms with Gasteiger partial charge in [0.1, 0.15) is 0 Å². The Hall–Kier alpha value is -1.93. The van der Waals surface area contributed by atoms with Gasteiger partial charge in [-0.2, -0.15) is 0 Å². The number of carboxylic acids is 4. The lowest BCUT2D eigenvalue weighted by molar-refractivity contribution is -0.140. The van der Waals surface area contributed by atoms with E-state index in [4.69, 9.17) is 0 Å². The first-order valence-electron chi connectivity index (χ1n) is 15.2. The summed E-state index contributed by atoms with van der Waals surface area (Å²) in [5.74, 6) is -4.60. The Balaban J connectivity index is 1.88. The maximum Gasteiger partial charge on any atom is 0.337 e. The molecule has 0 bridgehead atoms. The van der Waals surface area contributed by atoms with Gasteiger partial charge in [0.05, 0.1) is 41.0 Å². The lowest BCUT2D eigenvalue weighted by Gasteiger charge is -2.32. The van der Waals surface area contributed by atoms with E-state index in [1.165, 1.54) is 0 Å². The Kier molecular flexibility index (Phi) is 19.4. The minimum absolute atomic E-state index is 0.0288. The highest BCUT2D eigenvalue weighted by Gasteiger charge is 2.22. The standard InChI is InChI=1S/C29H41I3N6O10/c30-19-14-20(31)28(27(32)26(19)29(47)48)34-21(39)4-2-1-3-5-33-22(40)15-35-6-8-36(16-23(41)42)10-12-38(18-25(45)46)13-11-37(9-7-35)17-24(43)44/h14H,1-13,15-18H2,(H,33,40)(H,34,39)(H,41,42)(H,43,44)(H,45,46)(H,47,48). The monoisotopic (exact) mass is 1010 g/mol. The molecule has 0 aromatic heterocycles. The molecule has 1 saturated heterocycles. The number of hydrogen-bond donors (Lipinski definition) is 6. The lowest BCUT2D eigenvalue weighted by atomic mass is 10.1. The number of amides is 2. The smallest absolute Gasteiger partial charge is 0.337 e. The van der Waals surface area contributed by atoms with Crippen molar-refractivity contribution in [2.24, 2.45) is 0 Å². The van der Waals surface area contributed by atoms with E-state index in [1.54, 1.807) is 20.8 Å². The molecule has 1 aromatic rings. The summed E-state index contributed by atoms with van der Waals surface area (Å²) in [6, 6.07) is 1.71. The molecule has 0 saturated carbocycles. The first-order chi connectivity index (χ1) is 22.7. The third-order valence-electron chi connectivity index (χ3n) is 7.42. The van der Waals surface area contributed by atoms with Gasteiger partial charge in [-0.05, 0) is 86.7 Å². The molecule has 0 spiro atoms. The molecule has 19 heteroatoms. The number of nitrogens with zero attached hydrogens (tertiary/aromatic N) is 4. The second-order valence-corrected chi connectivity index (χ2v) is 14.6. The summed E-state index contributed by atoms with van der Waals surface area (Å²) in [5, 5.41) is 43.2. The van der Waals surface area contributed by atoms with Crippen LogP contribution in [0.4, 0.5) is 5.69 Å². The topological polar surface area (TPSA) is 220 Å². The summed E-state index contributed by atoms with van der Waals surface area (Å²) in [4.78, 5) is 78.2. The van der Waals surface area contributed by atoms with Crippen LogP contribution in [-0.2, 0) is 24.0 Å². The zero-order valence-corrected chi connectivity index (χ0v) is 32.7. The van der Waals surface area contributed by atoms with Gasteiger partial charge in [-0.1, -0.05) is 6.42 Å². The highest BCUT2D eigenvalue weighted by atomic mass is 127. The minimum Gasteiger partial charge on any atom is -0.480 e. The number of hydrogen-bond acceptors (Lipinski definition) is 10. The number of rotatable bonds is 16. The van der Waals surface area contributed by atoms with E-state index in [-0.39, 0.29) is 50.0 Å². The van der Waals surface area contributed by atoms with Gasteiger partial charge < -0.3 is 31.1 Å². The van der Waals surface area contributed by atoms with Gasteiger partial charge in [0, 0.05) is 72.5 Å². The first-order valence-corrected chi connectivity index (χ1v) is 18.4. The zero-order chi connectivity index (χ0) is 35.8. The molecule has 2 rings (SSSR count). The van der Waals surface area contributed by atoms with Gasteiger partial charge in [0.2, 0.25) is 11.8 Å². The van der Waals surface area contributed by atoms with Crippen LogP contribution in [0.1, 0.15) is 36.0 Å². The molecule has 1 aliphatic heterocycles. The van der Waals surface area contributed by atoms with Crippen molar-refractivity contribution < 1.29 is 49.2 Å². The Labute approximate surface area is 319 Å². The predicted octanol–water partition coefficient (Wildman–Crippen LogP) is 1.29. The maximum absolute atomic E-state index is 12.8. The van der Waals surface area contributed by atoms with E-state index < -0.39 is 23.9 Å². The Morgan fingerprint density at radius 3 is 1.46 bits per heavy atom. The summed E-state index contributed by atoms with van der Waals surface area (Å²) in [5.41, 5.74) is 0.625. The second kappa shape index (κ2) is 22.0. The molecule has 16 nitrogen and oxygen atoms in total. The molecule has 1 aliphatic rings. The van der Waals surface area contributed by atoms with Crippen LogP contribution >= 0.6 is 67.8 Å². The lowest BCUT2D eigenvalue weighted by Crippen LogP contribution is -2.49. The van der Waals surface area contributed by atoms with Crippen LogP contribution in [0.2, 0.25) is 0 Å². The average molecular weight is 1010 g/mol. The maximum atomic E-state index is 12.8. The van der Waals surface area contributed by atoms with E-state index in [1.807, 2.05) is 50.1 Å². The van der Waals surface area contributed by atoms with Gasteiger partial charge in [-0.25, -0.2) is 4.79 Å². The van der Waals surface area contributed by atoms with Crippen LogP contribution in [0.3, 0.4) is 0 Å². The van der Waals surface area contributed by atoms with Gasteiger partial charge in [-0.3, -0.25) is 43.6 Å². The fraction of sp³-hybridized carbons (Fsp3) is 0.586. The number of aromatic carboxylic acids is 1. The molecule has 6 N–H and O–H groups in total. The van der Waals surface area contributed by atoms with Crippen molar-refractivity contribution in [2.75, 3.05) is 90.4 Å². The van der Waals surface area contributed by atoms with E-state index in [0.29, 0.717) is 91.0 Å². The molecule has 1 aromatic carbocycles. The van der Waals surface area contributed by atoms with Gasteiger partial charge >= 0.3 is 23.9 Å². The van der Waals surface area contributed by atoms with Crippen LogP contribution in [0, 0.1) is 10.7 Å². The second-order valence-electron chi connectivity index (χ2n) is 11.2. The molecule has 0 radical (unpaired) electrons. The normalized spacial score (nSPS) is 16.0. The quantitative estimate of drug-likeness (QED) is 0.102. The SMILES string of the molecule is O=C(O)CN1CCN(CC(=O)O)CCN(CC(=O)NCCCCCC(=O)Nc2c(I)cc(I)c(C(=O)O)c2I)CCN(CC(=O)O)CC1. The zero-order valence-electron chi connectivity index (χ0n) is 26.3. The average Bonchev–Trinajstić information content (AvgIpc) is 2.97. The van der Waals surface area contributed by atoms with Crippen molar-refractivity contribution in [3.8, 4) is 0 Å². The number of benzene rings is 1. The highest BCUT2D eigenvalue weighted by Crippen LogP contribution is 2.32. The minimum atomic E-state index is -1.06. The Bertz CT molecular complexity index is 1290. The van der Waals surface area contributed by atoms with E-state index in [0.717, 1.165) is 3.57 Å². The van der Waals surface area contributed by atoms with Crippen LogP contribution in [0.25, 0.3) is 0 Å². The van der Waals surface area contributed by atoms with E-state index in [2.05, 4.69) is 33.2 Å². The van der Waals surface area contributed by atoms with Gasteiger partial charge in [0.15, 0.2) is 0 Å². The number of carboxylic acid groups (broad SMARTS) is 4. The third-order valence-corrected chi connectivity index (χ3v) is 10.2. The fourth-order valence-corrected chi connectivity index (χ4v) is 9.06. The van der Waals surface area contributed by atoms with E-state index >= 15 is 0 Å². The molecule has 1 heterocycles. The van der Waals surface area contributed by atoms with Crippen molar-refractivity contribution in [1.29, 1.82) is 0 Å². The Morgan fingerprint density at radius 1 is 0.604 bits per heavy atom. The first kappa shape index (κ1) is 42.2. The summed E-state index contributed by atoms with van der Waals surface area (Å²) < 4.78 is 1.80. The number of unbranched alkanes of at least 4 members (excludes halogenated alkanes) is 2. The molecule has 0 atom stereocenters. The van der Waals surface area contributed by atoms with Crippen LogP contribution in [0.15, 0.2) is 6.07 Å². The molecule has 0 aliphatic carbocycles. The van der Waals surface area contributed by atoms with E-state index in [9.17, 15) is 49.2 Å². The van der Waals surface area contributed by atoms with Crippen LogP contribution in [0.5, 0.6) is 0 Å². The van der Waals surface area contributed by atoms with Crippen molar-refractivity contribution in [2.45, 2.75) is 25.7 Å². The number of carbonyl (C=O) groups is 6. The Morgan fingerprint density at radius 2 is 1.04 bits per heavy atom. The molecular formula is C29H41I3N6O10. The van der Waals surface area contributed by atoms with Crippen LogP contribution in [-0.4, -0.2) is 161 Å². The van der Waals surface area contributed by atoms with Crippen LogP contribution < -0.4 is 10.6 Å². The predicted molar refractivity (Wildman–Crippen MR) is 200 cm³/mol. The molecule has 268 valence electrons. The van der Waals surface area contributed by atoms with Crippen molar-refractivity contribution in [3.05, 3.63) is 22.3 Å². The molecule has 1 fully saturated rings. The number of anilines is 1. The van der Waals surface area contributed by atoms with Gasteiger partial charge in [0.25, 0.3) is 0 Å². The number of nitrogens with one attached hydrogen (secondary N) is 2. The third kappa shape index (κ3) is 16.2. The summed E-state index contributed by atoms with van der Waals surface area (Å²) in [6.45, 7) is 2.20. The highest BCUT2D eigenvalue weighted by molar-refractivity contribution is 14.1. The largest absolute Gasteiger partial charge is 0.480 e. The summed E-state index contributed by atoms with van der Waals surface area (Å²) in [6.07, 6.45) is 2.11. The number of carbonyl (C=O) groups excluding carboxylic acids is 2. The van der Waals surface area contributed by atoms with Crippen molar-refractivity contribution >= 4 is 109 Å². The number of halogens is 3. The van der Waals surface area contributed by atoms with Crippen molar-refractivity contribution in [1.82, 2.24) is 24.9 Å². The number of aliphatic carboxylic acids is 3. The van der Waals surface area contributed by atoms with Gasteiger partial charge in [-0.15, -0.1) is 0 Å². The molecule has 0 unspecified atom stereocenters. The van der Waals surface area contributed by atoms with Crippen molar-refractivity contribution in [3.63, 3.8) is 0 Å². The molecule has 2 amide bonds. The fourth-order valence-electron chi connectivity index (χ4n) is 4.96. The summed E-state index contributed by atoms with van der Waals surface area (Å²) >= 11 is 5.95. The molecular weight excluding hydrogens is 973 g/mol. The summed E-state index contributed by atoms with van der Waals surface area (Å²) in [7, 11) is 0. The molecule has 48 heavy (non-hydrogen) atoms.